The Morgan fingerprint density at radius 2 is 2.10 bits per heavy atom. The van der Waals surface area contributed by atoms with Gasteiger partial charge in [0.05, 0.1) is 19.3 Å². The molecule has 1 unspecified atom stereocenters. The van der Waals surface area contributed by atoms with E-state index in [1.165, 1.54) is 4.68 Å². The molecule has 0 fully saturated rings. The molecular weight excluding hydrogens is 256 g/mol. The minimum absolute atomic E-state index is 0.0907. The van der Waals surface area contributed by atoms with Gasteiger partial charge in [0.2, 0.25) is 0 Å². The van der Waals surface area contributed by atoms with Crippen LogP contribution in [-0.2, 0) is 6.54 Å². The van der Waals surface area contributed by atoms with E-state index in [0.717, 1.165) is 16.7 Å². The van der Waals surface area contributed by atoms with E-state index in [0.29, 0.717) is 5.69 Å². The fourth-order valence-corrected chi connectivity index (χ4v) is 1.95. The normalized spacial score (nSPS) is 12.2. The van der Waals surface area contributed by atoms with Gasteiger partial charge < -0.3 is 10.2 Å². The molecular formula is C14H16N4O2. The first kappa shape index (κ1) is 14.2. The summed E-state index contributed by atoms with van der Waals surface area (Å²) in [7, 11) is 0. The van der Waals surface area contributed by atoms with Crippen LogP contribution in [0.1, 0.15) is 16.8 Å². The highest BCUT2D eigenvalue weighted by molar-refractivity contribution is 5.66. The second-order valence-corrected chi connectivity index (χ2v) is 4.72. The summed E-state index contributed by atoms with van der Waals surface area (Å²) in [6, 6.07) is 7.81. The van der Waals surface area contributed by atoms with Gasteiger partial charge in [0.25, 0.3) is 0 Å². The predicted octanol–water partition coefficient (Wildman–Crippen LogP) is 0.787. The van der Waals surface area contributed by atoms with Gasteiger partial charge in [-0.15, -0.1) is 5.10 Å². The number of hydrogen-bond donors (Lipinski definition) is 2. The van der Waals surface area contributed by atoms with E-state index in [-0.39, 0.29) is 18.8 Å². The highest BCUT2D eigenvalue weighted by Gasteiger charge is 2.17. The Kier molecular flexibility index (Phi) is 4.13. The van der Waals surface area contributed by atoms with Crippen molar-refractivity contribution in [3.8, 4) is 17.3 Å². The molecule has 0 amide bonds. The number of aryl methyl sites for hydroxylation is 2. The van der Waals surface area contributed by atoms with Crippen molar-refractivity contribution in [1.29, 1.82) is 5.26 Å². The summed E-state index contributed by atoms with van der Waals surface area (Å²) in [5, 5.41) is 35.3. The molecule has 0 aliphatic carbocycles. The zero-order chi connectivity index (χ0) is 14.7. The lowest BCUT2D eigenvalue weighted by molar-refractivity contribution is 0.0782. The number of benzene rings is 1. The summed E-state index contributed by atoms with van der Waals surface area (Å²) in [5.74, 6) is 0. The van der Waals surface area contributed by atoms with Crippen LogP contribution >= 0.6 is 0 Å². The quantitative estimate of drug-likeness (QED) is 0.858. The molecule has 1 atom stereocenters. The molecule has 1 aromatic carbocycles. The van der Waals surface area contributed by atoms with Crippen molar-refractivity contribution in [2.45, 2.75) is 26.5 Å². The Balaban J connectivity index is 2.50. The van der Waals surface area contributed by atoms with Gasteiger partial charge in [0.15, 0.2) is 5.69 Å². The predicted molar refractivity (Wildman–Crippen MR) is 72.7 cm³/mol. The average molecular weight is 272 g/mol. The first-order valence-electron chi connectivity index (χ1n) is 6.27. The van der Waals surface area contributed by atoms with Crippen LogP contribution in [0.5, 0.6) is 0 Å². The molecule has 2 aromatic rings. The van der Waals surface area contributed by atoms with Crippen LogP contribution in [0, 0.1) is 25.2 Å². The monoisotopic (exact) mass is 272 g/mol. The van der Waals surface area contributed by atoms with Gasteiger partial charge in [0, 0.05) is 5.56 Å². The number of nitriles is 1. The van der Waals surface area contributed by atoms with Crippen molar-refractivity contribution in [1.82, 2.24) is 15.0 Å². The number of aromatic nitrogens is 3. The van der Waals surface area contributed by atoms with Crippen LogP contribution < -0.4 is 0 Å². The fourth-order valence-electron chi connectivity index (χ4n) is 1.95. The van der Waals surface area contributed by atoms with Gasteiger partial charge in [0.1, 0.15) is 11.8 Å². The van der Waals surface area contributed by atoms with Crippen LogP contribution in [0.25, 0.3) is 11.3 Å². The highest BCUT2D eigenvalue weighted by Crippen LogP contribution is 2.24. The summed E-state index contributed by atoms with van der Waals surface area (Å²) in [5.41, 5.74) is 3.84. The first-order chi connectivity index (χ1) is 9.56. The van der Waals surface area contributed by atoms with Crippen LogP contribution in [0.15, 0.2) is 18.2 Å². The number of aliphatic hydroxyl groups excluding tert-OH is 2. The first-order valence-corrected chi connectivity index (χ1v) is 6.27. The summed E-state index contributed by atoms with van der Waals surface area (Å²) < 4.78 is 1.45. The van der Waals surface area contributed by atoms with E-state index < -0.39 is 6.10 Å². The van der Waals surface area contributed by atoms with Crippen LogP contribution in [0.2, 0.25) is 0 Å². The molecule has 2 rings (SSSR count). The molecule has 2 N–H and O–H groups in total. The summed E-state index contributed by atoms with van der Waals surface area (Å²) >= 11 is 0. The van der Waals surface area contributed by atoms with E-state index >= 15 is 0 Å². The lowest BCUT2D eigenvalue weighted by Gasteiger charge is -2.11. The standard InChI is InChI=1S/C14H16N4O2/c1-9-3-4-11(5-10(9)2)14-13(6-15)16-17-18(14)7-12(20)8-19/h3-5,12,19-20H,7-8H2,1-2H3. The SMILES string of the molecule is Cc1ccc(-c2c(C#N)nnn2CC(O)CO)cc1C. The van der Waals surface area contributed by atoms with Crippen molar-refractivity contribution >= 4 is 0 Å². The number of aliphatic hydroxyl groups is 2. The average Bonchev–Trinajstić information content (AvgIpc) is 2.84. The molecule has 0 saturated carbocycles. The Bertz CT molecular complexity index is 658. The lowest BCUT2D eigenvalue weighted by Crippen LogP contribution is -2.21. The molecule has 0 spiro atoms. The van der Waals surface area contributed by atoms with E-state index in [9.17, 15) is 5.11 Å². The van der Waals surface area contributed by atoms with Gasteiger partial charge in [-0.3, -0.25) is 0 Å². The minimum Gasteiger partial charge on any atom is -0.394 e. The van der Waals surface area contributed by atoms with Gasteiger partial charge >= 0.3 is 0 Å². The molecule has 0 radical (unpaired) electrons. The molecule has 6 nitrogen and oxygen atoms in total. The number of hydrogen-bond acceptors (Lipinski definition) is 5. The van der Waals surface area contributed by atoms with Gasteiger partial charge in [-0.05, 0) is 31.0 Å². The Morgan fingerprint density at radius 3 is 2.70 bits per heavy atom. The van der Waals surface area contributed by atoms with Crippen molar-refractivity contribution in [2.24, 2.45) is 0 Å². The van der Waals surface area contributed by atoms with Gasteiger partial charge in [-0.1, -0.05) is 17.3 Å². The Hall–Kier alpha value is -2.23. The third-order valence-corrected chi connectivity index (χ3v) is 3.22. The molecule has 20 heavy (non-hydrogen) atoms. The summed E-state index contributed by atoms with van der Waals surface area (Å²) in [6.07, 6.45) is -0.937. The second-order valence-electron chi connectivity index (χ2n) is 4.72. The Labute approximate surface area is 116 Å². The molecule has 1 aromatic heterocycles. The van der Waals surface area contributed by atoms with Gasteiger partial charge in [-0.25, -0.2) is 4.68 Å². The highest BCUT2D eigenvalue weighted by atomic mass is 16.3. The number of nitrogens with zero attached hydrogens (tertiary/aromatic N) is 4. The molecule has 0 bridgehead atoms. The van der Waals surface area contributed by atoms with Crippen LogP contribution in [0.3, 0.4) is 0 Å². The second kappa shape index (κ2) is 5.82. The van der Waals surface area contributed by atoms with Crippen molar-refractivity contribution in [3.63, 3.8) is 0 Å². The van der Waals surface area contributed by atoms with Crippen LogP contribution in [-0.4, -0.2) is 37.9 Å². The fraction of sp³-hybridized carbons (Fsp3) is 0.357. The third-order valence-electron chi connectivity index (χ3n) is 3.22. The third kappa shape index (κ3) is 2.69. The summed E-state index contributed by atoms with van der Waals surface area (Å²) in [4.78, 5) is 0. The molecule has 6 heteroatoms. The van der Waals surface area contributed by atoms with Crippen molar-refractivity contribution in [2.75, 3.05) is 6.61 Å². The van der Waals surface area contributed by atoms with E-state index in [1.54, 1.807) is 0 Å². The van der Waals surface area contributed by atoms with Crippen molar-refractivity contribution < 1.29 is 10.2 Å². The van der Waals surface area contributed by atoms with E-state index in [2.05, 4.69) is 10.3 Å². The lowest BCUT2D eigenvalue weighted by atomic mass is 10.0. The number of rotatable bonds is 4. The zero-order valence-electron chi connectivity index (χ0n) is 11.4. The minimum atomic E-state index is -0.937. The molecule has 1 heterocycles. The maximum absolute atomic E-state index is 9.54. The van der Waals surface area contributed by atoms with Crippen LogP contribution in [0.4, 0.5) is 0 Å². The maximum Gasteiger partial charge on any atom is 0.190 e. The summed E-state index contributed by atoms with van der Waals surface area (Å²) in [6.45, 7) is 3.72. The zero-order valence-corrected chi connectivity index (χ0v) is 11.4. The molecule has 0 aliphatic heterocycles. The Morgan fingerprint density at radius 1 is 1.35 bits per heavy atom. The molecule has 0 aliphatic rings. The van der Waals surface area contributed by atoms with Crippen molar-refractivity contribution in [3.05, 3.63) is 35.0 Å². The van der Waals surface area contributed by atoms with Gasteiger partial charge in [-0.2, -0.15) is 5.26 Å². The molecule has 104 valence electrons. The maximum atomic E-state index is 9.54. The molecule has 0 saturated heterocycles. The smallest absolute Gasteiger partial charge is 0.190 e. The largest absolute Gasteiger partial charge is 0.394 e. The topological polar surface area (TPSA) is 95.0 Å². The van der Waals surface area contributed by atoms with E-state index in [4.69, 9.17) is 10.4 Å². The van der Waals surface area contributed by atoms with E-state index in [1.807, 2.05) is 38.1 Å².